The lowest BCUT2D eigenvalue weighted by molar-refractivity contribution is -0.137. The van der Waals surface area contributed by atoms with Gasteiger partial charge in [-0.05, 0) is 24.1 Å². The van der Waals surface area contributed by atoms with Gasteiger partial charge in [0, 0.05) is 25.6 Å². The largest absolute Gasteiger partial charge is 0.416 e. The summed E-state index contributed by atoms with van der Waals surface area (Å²) in [5.74, 6) is 0.00673. The molecular formula is C14H16F3NO2. The minimum atomic E-state index is -4.36. The third kappa shape index (κ3) is 3.50. The van der Waals surface area contributed by atoms with E-state index in [0.717, 1.165) is 18.6 Å². The Bertz CT molecular complexity index is 470. The third-order valence-electron chi connectivity index (χ3n) is 3.53. The van der Waals surface area contributed by atoms with E-state index < -0.39 is 11.7 Å². The van der Waals surface area contributed by atoms with Gasteiger partial charge in [-0.2, -0.15) is 13.2 Å². The van der Waals surface area contributed by atoms with Crippen LogP contribution in [0.25, 0.3) is 0 Å². The van der Waals surface area contributed by atoms with E-state index >= 15 is 0 Å². The molecule has 20 heavy (non-hydrogen) atoms. The molecular weight excluding hydrogens is 271 g/mol. The quantitative estimate of drug-likeness (QED) is 0.924. The van der Waals surface area contributed by atoms with Crippen molar-refractivity contribution in [1.29, 1.82) is 0 Å². The van der Waals surface area contributed by atoms with Crippen LogP contribution in [0.3, 0.4) is 0 Å². The zero-order chi connectivity index (χ0) is 14.8. The van der Waals surface area contributed by atoms with E-state index in [1.165, 1.54) is 12.1 Å². The number of aliphatic hydroxyl groups is 1. The van der Waals surface area contributed by atoms with Crippen molar-refractivity contribution in [3.05, 3.63) is 35.4 Å². The Morgan fingerprint density at radius 2 is 1.95 bits per heavy atom. The molecule has 6 heteroatoms. The van der Waals surface area contributed by atoms with Gasteiger partial charge in [0.25, 0.3) is 0 Å². The summed E-state index contributed by atoms with van der Waals surface area (Å²) in [4.78, 5) is 13.6. The number of likely N-dealkylation sites (tertiary alicyclic amines) is 1. The Morgan fingerprint density at radius 1 is 1.30 bits per heavy atom. The number of carbonyl (C=O) groups is 1. The van der Waals surface area contributed by atoms with Crippen molar-refractivity contribution in [3.8, 4) is 0 Å². The van der Waals surface area contributed by atoms with Gasteiger partial charge in [0.2, 0.25) is 5.91 Å². The first-order valence-corrected chi connectivity index (χ1v) is 6.45. The van der Waals surface area contributed by atoms with Crippen LogP contribution in [-0.4, -0.2) is 35.6 Å². The molecule has 0 aromatic heterocycles. The molecule has 2 rings (SSSR count). The van der Waals surface area contributed by atoms with Crippen LogP contribution in [0.5, 0.6) is 0 Å². The number of rotatable bonds is 3. The van der Waals surface area contributed by atoms with Gasteiger partial charge in [-0.3, -0.25) is 4.79 Å². The number of aliphatic hydroxyl groups excluding tert-OH is 1. The minimum absolute atomic E-state index is 0.0596. The molecule has 0 radical (unpaired) electrons. The predicted octanol–water partition coefficient (Wildman–Crippen LogP) is 2.09. The summed E-state index contributed by atoms with van der Waals surface area (Å²) >= 11 is 0. The molecule has 3 nitrogen and oxygen atoms in total. The van der Waals surface area contributed by atoms with Crippen molar-refractivity contribution in [2.75, 3.05) is 19.7 Å². The highest BCUT2D eigenvalue weighted by Gasteiger charge is 2.30. The Labute approximate surface area is 115 Å². The molecule has 1 atom stereocenters. The van der Waals surface area contributed by atoms with E-state index in [-0.39, 0.29) is 24.9 Å². The maximum absolute atomic E-state index is 12.4. The molecule has 1 unspecified atom stereocenters. The molecule has 0 aliphatic carbocycles. The highest BCUT2D eigenvalue weighted by molar-refractivity contribution is 5.79. The lowest BCUT2D eigenvalue weighted by Crippen LogP contribution is -2.30. The van der Waals surface area contributed by atoms with Gasteiger partial charge in [0.05, 0.1) is 12.0 Å². The summed E-state index contributed by atoms with van der Waals surface area (Å²) in [6.07, 6.45) is -3.49. The molecule has 1 amide bonds. The van der Waals surface area contributed by atoms with E-state index in [1.54, 1.807) is 4.90 Å². The molecule has 0 bridgehead atoms. The first-order chi connectivity index (χ1) is 9.40. The number of alkyl halides is 3. The second-order valence-electron chi connectivity index (χ2n) is 5.05. The Kier molecular flexibility index (Phi) is 4.32. The predicted molar refractivity (Wildman–Crippen MR) is 66.9 cm³/mol. The lowest BCUT2D eigenvalue weighted by atomic mass is 10.1. The number of benzene rings is 1. The summed E-state index contributed by atoms with van der Waals surface area (Å²) in [6.45, 7) is 1.19. The van der Waals surface area contributed by atoms with E-state index in [9.17, 15) is 18.0 Å². The number of hydrogen-bond donors (Lipinski definition) is 1. The van der Waals surface area contributed by atoms with Crippen LogP contribution < -0.4 is 0 Å². The number of amides is 1. The fourth-order valence-corrected chi connectivity index (χ4v) is 2.31. The van der Waals surface area contributed by atoms with E-state index in [1.807, 2.05) is 0 Å². The van der Waals surface area contributed by atoms with Crippen LogP contribution in [0, 0.1) is 5.92 Å². The van der Waals surface area contributed by atoms with Gasteiger partial charge in [0.1, 0.15) is 0 Å². The monoisotopic (exact) mass is 287 g/mol. The summed E-state index contributed by atoms with van der Waals surface area (Å²) in [5.41, 5.74) is -0.148. The summed E-state index contributed by atoms with van der Waals surface area (Å²) in [5, 5.41) is 9.02. The van der Waals surface area contributed by atoms with Crippen LogP contribution in [-0.2, 0) is 17.4 Å². The molecule has 1 aromatic rings. The van der Waals surface area contributed by atoms with Crippen LogP contribution in [0.4, 0.5) is 13.2 Å². The first-order valence-electron chi connectivity index (χ1n) is 6.45. The molecule has 110 valence electrons. The summed E-state index contributed by atoms with van der Waals surface area (Å²) in [7, 11) is 0. The SMILES string of the molecule is O=C(Cc1ccc(C(F)(F)F)cc1)N1CCC(CO)C1. The third-order valence-corrected chi connectivity index (χ3v) is 3.53. The molecule has 1 aliphatic rings. The van der Waals surface area contributed by atoms with Crippen molar-refractivity contribution in [2.45, 2.75) is 19.0 Å². The van der Waals surface area contributed by atoms with Gasteiger partial charge in [-0.25, -0.2) is 0 Å². The average molecular weight is 287 g/mol. The minimum Gasteiger partial charge on any atom is -0.396 e. The highest BCUT2D eigenvalue weighted by Crippen LogP contribution is 2.29. The van der Waals surface area contributed by atoms with Crippen molar-refractivity contribution in [3.63, 3.8) is 0 Å². The second-order valence-corrected chi connectivity index (χ2v) is 5.05. The fourth-order valence-electron chi connectivity index (χ4n) is 2.31. The maximum atomic E-state index is 12.4. The van der Waals surface area contributed by atoms with Crippen molar-refractivity contribution < 1.29 is 23.1 Å². The second kappa shape index (κ2) is 5.83. The number of nitrogens with zero attached hydrogens (tertiary/aromatic N) is 1. The first kappa shape index (κ1) is 14.8. The van der Waals surface area contributed by atoms with Crippen LogP contribution >= 0.6 is 0 Å². The lowest BCUT2D eigenvalue weighted by Gasteiger charge is -2.16. The standard InChI is InChI=1S/C14H16F3NO2/c15-14(16,17)12-3-1-10(2-4-12)7-13(20)18-6-5-11(8-18)9-19/h1-4,11,19H,5-9H2. The van der Waals surface area contributed by atoms with Gasteiger partial charge >= 0.3 is 6.18 Å². The van der Waals surface area contributed by atoms with Crippen LogP contribution in [0.1, 0.15) is 17.5 Å². The van der Waals surface area contributed by atoms with Crippen molar-refractivity contribution in [1.82, 2.24) is 4.90 Å². The molecule has 1 heterocycles. The van der Waals surface area contributed by atoms with Gasteiger partial charge < -0.3 is 10.0 Å². The molecule has 1 saturated heterocycles. The maximum Gasteiger partial charge on any atom is 0.416 e. The fraction of sp³-hybridized carbons (Fsp3) is 0.500. The zero-order valence-electron chi connectivity index (χ0n) is 10.9. The Hall–Kier alpha value is -1.56. The highest BCUT2D eigenvalue weighted by atomic mass is 19.4. The summed E-state index contributed by atoms with van der Waals surface area (Å²) < 4.78 is 37.2. The van der Waals surface area contributed by atoms with Crippen molar-refractivity contribution in [2.24, 2.45) is 5.92 Å². The number of carbonyl (C=O) groups excluding carboxylic acids is 1. The van der Waals surface area contributed by atoms with Crippen molar-refractivity contribution >= 4 is 5.91 Å². The zero-order valence-corrected chi connectivity index (χ0v) is 10.9. The van der Waals surface area contributed by atoms with E-state index in [0.29, 0.717) is 18.7 Å². The van der Waals surface area contributed by atoms with Gasteiger partial charge in [0.15, 0.2) is 0 Å². The normalized spacial score (nSPS) is 19.4. The Balaban J connectivity index is 1.95. The average Bonchev–Trinajstić information content (AvgIpc) is 2.87. The molecule has 1 fully saturated rings. The number of halogens is 3. The van der Waals surface area contributed by atoms with E-state index in [4.69, 9.17) is 5.11 Å². The molecule has 1 N–H and O–H groups in total. The van der Waals surface area contributed by atoms with Crippen LogP contribution in [0.15, 0.2) is 24.3 Å². The number of hydrogen-bond acceptors (Lipinski definition) is 2. The smallest absolute Gasteiger partial charge is 0.396 e. The van der Waals surface area contributed by atoms with Crippen LogP contribution in [0.2, 0.25) is 0 Å². The Morgan fingerprint density at radius 3 is 2.45 bits per heavy atom. The van der Waals surface area contributed by atoms with E-state index in [2.05, 4.69) is 0 Å². The molecule has 0 spiro atoms. The van der Waals surface area contributed by atoms with Gasteiger partial charge in [-0.15, -0.1) is 0 Å². The molecule has 1 aliphatic heterocycles. The van der Waals surface area contributed by atoms with Gasteiger partial charge in [-0.1, -0.05) is 12.1 Å². The summed E-state index contributed by atoms with van der Waals surface area (Å²) in [6, 6.07) is 4.65. The topological polar surface area (TPSA) is 40.5 Å². The molecule has 1 aromatic carbocycles. The molecule has 0 saturated carbocycles.